The quantitative estimate of drug-likeness (QED) is 0.913. The fourth-order valence-electron chi connectivity index (χ4n) is 2.78. The highest BCUT2D eigenvalue weighted by Crippen LogP contribution is 2.25. The van der Waals surface area contributed by atoms with Crippen LogP contribution in [-0.4, -0.2) is 24.2 Å². The summed E-state index contributed by atoms with van der Waals surface area (Å²) in [5.74, 6) is 1.67. The Morgan fingerprint density at radius 1 is 1.21 bits per heavy atom. The zero-order valence-corrected chi connectivity index (χ0v) is 11.3. The summed E-state index contributed by atoms with van der Waals surface area (Å²) in [6.45, 7) is 4.03. The molecule has 1 aromatic carbocycles. The molecule has 2 aromatic rings. The highest BCUT2D eigenvalue weighted by Gasteiger charge is 2.20. The van der Waals surface area contributed by atoms with Gasteiger partial charge in [-0.05, 0) is 37.1 Å². The Morgan fingerprint density at radius 2 is 2.00 bits per heavy atom. The topological polar surface area (TPSA) is 34.2 Å². The Labute approximate surface area is 114 Å². The second-order valence-corrected chi connectivity index (χ2v) is 5.26. The summed E-state index contributed by atoms with van der Waals surface area (Å²) in [4.78, 5) is 4.50. The molecular weight excluding hydrogens is 236 g/mol. The van der Waals surface area contributed by atoms with Crippen LogP contribution in [0.25, 0.3) is 10.8 Å². The van der Waals surface area contributed by atoms with Crippen LogP contribution in [0.15, 0.2) is 36.5 Å². The molecular formula is C16H20N2O. The minimum Gasteiger partial charge on any atom is -0.381 e. The number of benzene rings is 1. The van der Waals surface area contributed by atoms with Gasteiger partial charge >= 0.3 is 0 Å². The van der Waals surface area contributed by atoms with Gasteiger partial charge in [-0.2, -0.15) is 0 Å². The van der Waals surface area contributed by atoms with E-state index in [4.69, 9.17) is 4.74 Å². The predicted molar refractivity (Wildman–Crippen MR) is 78.4 cm³/mol. The van der Waals surface area contributed by atoms with E-state index in [0.29, 0.717) is 12.0 Å². The standard InChI is InChI=1S/C16H20N2O/c1-12(13-7-10-19-11-8-13)18-16-15-5-3-2-4-14(15)6-9-17-16/h2-6,9,12-13H,7-8,10-11H2,1H3,(H,17,18). The van der Waals surface area contributed by atoms with Crippen LogP contribution < -0.4 is 5.32 Å². The normalized spacial score (nSPS) is 18.4. The van der Waals surface area contributed by atoms with Crippen molar-refractivity contribution in [1.29, 1.82) is 0 Å². The first-order chi connectivity index (χ1) is 9.34. The third-order valence-corrected chi connectivity index (χ3v) is 4.01. The van der Waals surface area contributed by atoms with Crippen LogP contribution in [0.4, 0.5) is 5.82 Å². The summed E-state index contributed by atoms with van der Waals surface area (Å²) in [7, 11) is 0. The number of hydrogen-bond acceptors (Lipinski definition) is 3. The van der Waals surface area contributed by atoms with Gasteiger partial charge < -0.3 is 10.1 Å². The van der Waals surface area contributed by atoms with Gasteiger partial charge in [0.15, 0.2) is 0 Å². The number of nitrogens with one attached hydrogen (secondary N) is 1. The molecule has 1 aliphatic rings. The highest BCUT2D eigenvalue weighted by atomic mass is 16.5. The van der Waals surface area contributed by atoms with Crippen molar-refractivity contribution in [1.82, 2.24) is 4.98 Å². The zero-order valence-electron chi connectivity index (χ0n) is 11.3. The average Bonchev–Trinajstić information content (AvgIpc) is 2.48. The maximum Gasteiger partial charge on any atom is 0.134 e. The number of pyridine rings is 1. The van der Waals surface area contributed by atoms with E-state index < -0.39 is 0 Å². The molecule has 1 fully saturated rings. The molecule has 3 nitrogen and oxygen atoms in total. The summed E-state index contributed by atoms with van der Waals surface area (Å²) < 4.78 is 5.43. The van der Waals surface area contributed by atoms with Crippen molar-refractivity contribution < 1.29 is 4.74 Å². The maximum absolute atomic E-state index is 5.43. The second-order valence-electron chi connectivity index (χ2n) is 5.26. The van der Waals surface area contributed by atoms with Gasteiger partial charge in [0, 0.05) is 30.8 Å². The third-order valence-electron chi connectivity index (χ3n) is 4.01. The molecule has 3 heteroatoms. The number of ether oxygens (including phenoxy) is 1. The van der Waals surface area contributed by atoms with E-state index >= 15 is 0 Å². The molecule has 100 valence electrons. The molecule has 1 aromatic heterocycles. The van der Waals surface area contributed by atoms with Crippen molar-refractivity contribution in [2.75, 3.05) is 18.5 Å². The number of fused-ring (bicyclic) bond motifs is 1. The van der Waals surface area contributed by atoms with Crippen LogP contribution in [0.2, 0.25) is 0 Å². The van der Waals surface area contributed by atoms with Gasteiger partial charge in [0.25, 0.3) is 0 Å². The number of anilines is 1. The van der Waals surface area contributed by atoms with Crippen molar-refractivity contribution >= 4 is 16.6 Å². The molecule has 1 N–H and O–H groups in total. The van der Waals surface area contributed by atoms with Gasteiger partial charge in [0.2, 0.25) is 0 Å². The lowest BCUT2D eigenvalue weighted by molar-refractivity contribution is 0.0622. The molecule has 3 rings (SSSR count). The Morgan fingerprint density at radius 3 is 2.84 bits per heavy atom. The molecule has 1 unspecified atom stereocenters. The summed E-state index contributed by atoms with van der Waals surface area (Å²) >= 11 is 0. The number of aromatic nitrogens is 1. The fourth-order valence-corrected chi connectivity index (χ4v) is 2.78. The van der Waals surface area contributed by atoms with Gasteiger partial charge in [0.05, 0.1) is 0 Å². The van der Waals surface area contributed by atoms with Gasteiger partial charge in [-0.15, -0.1) is 0 Å². The molecule has 0 amide bonds. The Kier molecular flexibility index (Phi) is 3.65. The monoisotopic (exact) mass is 256 g/mol. The lowest BCUT2D eigenvalue weighted by Crippen LogP contribution is -2.31. The van der Waals surface area contributed by atoms with E-state index in [2.05, 4.69) is 47.6 Å². The molecule has 0 spiro atoms. The van der Waals surface area contributed by atoms with Crippen molar-refractivity contribution in [2.24, 2.45) is 5.92 Å². The van der Waals surface area contributed by atoms with Crippen LogP contribution in [0.3, 0.4) is 0 Å². The molecule has 0 bridgehead atoms. The lowest BCUT2D eigenvalue weighted by atomic mass is 9.93. The van der Waals surface area contributed by atoms with Gasteiger partial charge in [-0.1, -0.05) is 24.3 Å². The van der Waals surface area contributed by atoms with Crippen molar-refractivity contribution in [3.8, 4) is 0 Å². The molecule has 0 radical (unpaired) electrons. The average molecular weight is 256 g/mol. The van der Waals surface area contributed by atoms with E-state index in [9.17, 15) is 0 Å². The van der Waals surface area contributed by atoms with Crippen LogP contribution in [0, 0.1) is 5.92 Å². The minimum atomic E-state index is 0.433. The molecule has 19 heavy (non-hydrogen) atoms. The van der Waals surface area contributed by atoms with E-state index in [0.717, 1.165) is 31.9 Å². The highest BCUT2D eigenvalue weighted by molar-refractivity contribution is 5.91. The van der Waals surface area contributed by atoms with Gasteiger partial charge in [0.1, 0.15) is 5.82 Å². The number of rotatable bonds is 3. The van der Waals surface area contributed by atoms with Crippen LogP contribution >= 0.6 is 0 Å². The van der Waals surface area contributed by atoms with E-state index in [-0.39, 0.29) is 0 Å². The van der Waals surface area contributed by atoms with Crippen molar-refractivity contribution in [3.63, 3.8) is 0 Å². The lowest BCUT2D eigenvalue weighted by Gasteiger charge is -2.29. The fraction of sp³-hybridized carbons (Fsp3) is 0.438. The van der Waals surface area contributed by atoms with E-state index in [1.807, 2.05) is 6.20 Å². The maximum atomic E-state index is 5.43. The summed E-state index contributed by atoms with van der Waals surface area (Å²) in [5, 5.41) is 6.02. The van der Waals surface area contributed by atoms with Crippen LogP contribution in [0.1, 0.15) is 19.8 Å². The largest absolute Gasteiger partial charge is 0.381 e. The first-order valence-electron chi connectivity index (χ1n) is 7.02. The Balaban J connectivity index is 1.80. The minimum absolute atomic E-state index is 0.433. The first-order valence-corrected chi connectivity index (χ1v) is 7.02. The second kappa shape index (κ2) is 5.57. The Bertz CT molecular complexity index is 544. The van der Waals surface area contributed by atoms with Crippen molar-refractivity contribution in [3.05, 3.63) is 36.5 Å². The summed E-state index contributed by atoms with van der Waals surface area (Å²) in [5.41, 5.74) is 0. The molecule has 0 saturated carbocycles. The Hall–Kier alpha value is -1.61. The SMILES string of the molecule is CC(Nc1nccc2ccccc12)C1CCOCC1. The summed E-state index contributed by atoms with van der Waals surface area (Å²) in [6.07, 6.45) is 4.15. The number of nitrogens with zero attached hydrogens (tertiary/aromatic N) is 1. The third kappa shape index (κ3) is 2.71. The molecule has 1 aliphatic heterocycles. The van der Waals surface area contributed by atoms with Crippen LogP contribution in [-0.2, 0) is 4.74 Å². The van der Waals surface area contributed by atoms with Gasteiger partial charge in [-0.25, -0.2) is 4.98 Å². The first kappa shape index (κ1) is 12.4. The number of hydrogen-bond donors (Lipinski definition) is 1. The van der Waals surface area contributed by atoms with Crippen LogP contribution in [0.5, 0.6) is 0 Å². The van der Waals surface area contributed by atoms with E-state index in [1.54, 1.807) is 0 Å². The van der Waals surface area contributed by atoms with E-state index in [1.165, 1.54) is 10.8 Å². The zero-order chi connectivity index (χ0) is 13.1. The molecule has 2 heterocycles. The molecule has 1 saturated heterocycles. The van der Waals surface area contributed by atoms with Crippen molar-refractivity contribution in [2.45, 2.75) is 25.8 Å². The molecule has 1 atom stereocenters. The smallest absolute Gasteiger partial charge is 0.134 e. The van der Waals surface area contributed by atoms with Gasteiger partial charge in [-0.3, -0.25) is 0 Å². The molecule has 0 aliphatic carbocycles. The predicted octanol–water partition coefficient (Wildman–Crippen LogP) is 3.46. The summed E-state index contributed by atoms with van der Waals surface area (Å²) in [6, 6.07) is 10.9.